The van der Waals surface area contributed by atoms with E-state index >= 15 is 0 Å². The van der Waals surface area contributed by atoms with E-state index in [1.807, 2.05) is 25.1 Å². The first kappa shape index (κ1) is 16.3. The van der Waals surface area contributed by atoms with E-state index in [0.29, 0.717) is 18.2 Å². The predicted molar refractivity (Wildman–Crippen MR) is 83.5 cm³/mol. The number of nitrogens with one attached hydrogen (secondary N) is 1. The number of aliphatic hydroxyl groups is 2. The minimum Gasteiger partial charge on any atom is -0.496 e. The molecule has 0 aromatic heterocycles. The Bertz CT molecular complexity index is 450. The van der Waals surface area contributed by atoms with Crippen molar-refractivity contribution in [2.24, 2.45) is 5.92 Å². The Kier molecular flexibility index (Phi) is 6.03. The molecular weight excluding hydrogens is 266 g/mol. The number of rotatable bonds is 6. The maximum absolute atomic E-state index is 10.3. The molecule has 4 heteroatoms. The molecule has 0 heterocycles. The lowest BCUT2D eigenvalue weighted by Gasteiger charge is -2.28. The molecule has 3 N–H and O–H groups in total. The standard InChI is InChI=1S/C17H27NO3/c1-12-7-8-17(21-2)14(9-12)16(20)11-18-10-13-5-3-4-6-15(13)19/h7-9,13,15-16,18-20H,3-6,10-11H2,1-2H3. The van der Waals surface area contributed by atoms with E-state index in [2.05, 4.69) is 5.32 Å². The lowest BCUT2D eigenvalue weighted by molar-refractivity contribution is 0.0668. The molecule has 2 rings (SSSR count). The molecular formula is C17H27NO3. The lowest BCUT2D eigenvalue weighted by Crippen LogP contribution is -2.35. The first-order valence-electron chi connectivity index (χ1n) is 7.83. The van der Waals surface area contributed by atoms with Gasteiger partial charge in [-0.2, -0.15) is 0 Å². The summed E-state index contributed by atoms with van der Waals surface area (Å²) in [6.07, 6.45) is 3.49. The summed E-state index contributed by atoms with van der Waals surface area (Å²) < 4.78 is 5.31. The first-order chi connectivity index (χ1) is 10.1. The molecule has 1 aliphatic rings. The van der Waals surface area contributed by atoms with Crippen molar-refractivity contribution in [3.05, 3.63) is 29.3 Å². The predicted octanol–water partition coefficient (Wildman–Crippen LogP) is 2.18. The number of methoxy groups -OCH3 is 1. The smallest absolute Gasteiger partial charge is 0.124 e. The van der Waals surface area contributed by atoms with Gasteiger partial charge in [-0.1, -0.05) is 24.5 Å². The summed E-state index contributed by atoms with van der Waals surface area (Å²) in [4.78, 5) is 0. The summed E-state index contributed by atoms with van der Waals surface area (Å²) in [6.45, 7) is 3.23. The van der Waals surface area contributed by atoms with Gasteiger partial charge < -0.3 is 20.3 Å². The van der Waals surface area contributed by atoms with Gasteiger partial charge in [0.25, 0.3) is 0 Å². The van der Waals surface area contributed by atoms with Gasteiger partial charge in [-0.15, -0.1) is 0 Å². The first-order valence-corrected chi connectivity index (χ1v) is 7.83. The third-order valence-electron chi connectivity index (χ3n) is 4.36. The molecule has 21 heavy (non-hydrogen) atoms. The highest BCUT2D eigenvalue weighted by Gasteiger charge is 2.23. The molecule has 118 valence electrons. The fourth-order valence-corrected chi connectivity index (χ4v) is 3.06. The van der Waals surface area contributed by atoms with Crippen molar-refractivity contribution >= 4 is 0 Å². The zero-order valence-corrected chi connectivity index (χ0v) is 13.0. The monoisotopic (exact) mass is 293 g/mol. The minimum atomic E-state index is -0.597. The Labute approximate surface area is 127 Å². The van der Waals surface area contributed by atoms with Crippen LogP contribution in [0, 0.1) is 12.8 Å². The molecule has 0 bridgehead atoms. The van der Waals surface area contributed by atoms with Crippen LogP contribution in [0.3, 0.4) is 0 Å². The van der Waals surface area contributed by atoms with Crippen LogP contribution < -0.4 is 10.1 Å². The second-order valence-electron chi connectivity index (χ2n) is 6.03. The van der Waals surface area contributed by atoms with Gasteiger partial charge >= 0.3 is 0 Å². The van der Waals surface area contributed by atoms with Crippen molar-refractivity contribution in [1.82, 2.24) is 5.32 Å². The van der Waals surface area contributed by atoms with E-state index in [4.69, 9.17) is 4.74 Å². The van der Waals surface area contributed by atoms with Crippen LogP contribution in [0.5, 0.6) is 5.75 Å². The van der Waals surface area contributed by atoms with Gasteiger partial charge in [-0.25, -0.2) is 0 Å². The summed E-state index contributed by atoms with van der Waals surface area (Å²) >= 11 is 0. The van der Waals surface area contributed by atoms with Gasteiger partial charge in [-0.05, 0) is 37.8 Å². The number of hydrogen-bond donors (Lipinski definition) is 3. The Morgan fingerprint density at radius 3 is 2.81 bits per heavy atom. The van der Waals surface area contributed by atoms with Crippen LogP contribution in [-0.4, -0.2) is 36.5 Å². The fraction of sp³-hybridized carbons (Fsp3) is 0.647. The molecule has 1 aromatic carbocycles. The molecule has 3 unspecified atom stereocenters. The van der Waals surface area contributed by atoms with Crippen LogP contribution in [0.15, 0.2) is 18.2 Å². The van der Waals surface area contributed by atoms with Gasteiger partial charge in [0.1, 0.15) is 5.75 Å². The maximum atomic E-state index is 10.3. The molecule has 3 atom stereocenters. The summed E-state index contributed by atoms with van der Waals surface area (Å²) in [5, 5.41) is 23.6. The van der Waals surface area contributed by atoms with Gasteiger partial charge in [0.2, 0.25) is 0 Å². The Morgan fingerprint density at radius 2 is 2.10 bits per heavy atom. The zero-order chi connectivity index (χ0) is 15.2. The van der Waals surface area contributed by atoms with Crippen LogP contribution in [0.4, 0.5) is 0 Å². The minimum absolute atomic E-state index is 0.197. The quantitative estimate of drug-likeness (QED) is 0.752. The molecule has 0 aliphatic heterocycles. The number of benzene rings is 1. The SMILES string of the molecule is COc1ccc(C)cc1C(O)CNCC1CCCCC1O. The third-order valence-corrected chi connectivity index (χ3v) is 4.36. The summed E-state index contributed by atoms with van der Waals surface area (Å²) in [6, 6.07) is 5.82. The lowest BCUT2D eigenvalue weighted by atomic mass is 9.86. The third kappa shape index (κ3) is 4.43. The number of hydrogen-bond acceptors (Lipinski definition) is 4. The zero-order valence-electron chi connectivity index (χ0n) is 13.0. The van der Waals surface area contributed by atoms with Crippen LogP contribution in [0.25, 0.3) is 0 Å². The van der Waals surface area contributed by atoms with Crippen LogP contribution in [-0.2, 0) is 0 Å². The Hall–Kier alpha value is -1.10. The van der Waals surface area contributed by atoms with Crippen LogP contribution in [0.1, 0.15) is 42.9 Å². The van der Waals surface area contributed by atoms with E-state index in [9.17, 15) is 10.2 Å². The highest BCUT2D eigenvalue weighted by molar-refractivity contribution is 5.38. The van der Waals surface area contributed by atoms with Crippen molar-refractivity contribution in [3.63, 3.8) is 0 Å². The number of aryl methyl sites for hydroxylation is 1. The number of ether oxygens (including phenoxy) is 1. The maximum Gasteiger partial charge on any atom is 0.124 e. The van der Waals surface area contributed by atoms with Crippen LogP contribution >= 0.6 is 0 Å². The molecule has 1 aromatic rings. The summed E-state index contributed by atoms with van der Waals surface area (Å²) in [5.74, 6) is 1.03. The van der Waals surface area contributed by atoms with Gasteiger partial charge in [0.05, 0.1) is 19.3 Å². The summed E-state index contributed by atoms with van der Waals surface area (Å²) in [7, 11) is 1.62. The molecule has 1 fully saturated rings. The Morgan fingerprint density at radius 1 is 1.33 bits per heavy atom. The largest absolute Gasteiger partial charge is 0.496 e. The average molecular weight is 293 g/mol. The molecule has 0 spiro atoms. The van der Waals surface area contributed by atoms with Gasteiger partial charge in [-0.3, -0.25) is 0 Å². The van der Waals surface area contributed by atoms with Crippen molar-refractivity contribution in [2.75, 3.05) is 20.2 Å². The van der Waals surface area contributed by atoms with Gasteiger partial charge in [0.15, 0.2) is 0 Å². The van der Waals surface area contributed by atoms with Crippen molar-refractivity contribution in [1.29, 1.82) is 0 Å². The van der Waals surface area contributed by atoms with Crippen molar-refractivity contribution in [3.8, 4) is 5.75 Å². The summed E-state index contributed by atoms with van der Waals surface area (Å²) in [5.41, 5.74) is 1.92. The number of aliphatic hydroxyl groups excluding tert-OH is 2. The second-order valence-corrected chi connectivity index (χ2v) is 6.03. The molecule has 0 saturated heterocycles. The van der Waals surface area contributed by atoms with E-state index in [-0.39, 0.29) is 6.10 Å². The van der Waals surface area contributed by atoms with E-state index in [0.717, 1.165) is 36.9 Å². The average Bonchev–Trinajstić information content (AvgIpc) is 2.49. The normalized spacial score (nSPS) is 23.8. The second kappa shape index (κ2) is 7.78. The van der Waals surface area contributed by atoms with Crippen molar-refractivity contribution < 1.29 is 14.9 Å². The molecule has 1 saturated carbocycles. The fourth-order valence-electron chi connectivity index (χ4n) is 3.06. The van der Waals surface area contributed by atoms with Crippen molar-refractivity contribution in [2.45, 2.75) is 44.8 Å². The van der Waals surface area contributed by atoms with E-state index in [1.165, 1.54) is 6.42 Å². The molecule has 0 radical (unpaired) electrons. The van der Waals surface area contributed by atoms with E-state index < -0.39 is 6.10 Å². The van der Waals surface area contributed by atoms with Gasteiger partial charge in [0, 0.05) is 18.7 Å². The molecule has 1 aliphatic carbocycles. The molecule has 0 amide bonds. The highest BCUT2D eigenvalue weighted by Crippen LogP contribution is 2.27. The topological polar surface area (TPSA) is 61.7 Å². The molecule has 4 nitrogen and oxygen atoms in total. The van der Waals surface area contributed by atoms with Crippen LogP contribution in [0.2, 0.25) is 0 Å². The highest BCUT2D eigenvalue weighted by atomic mass is 16.5. The Balaban J connectivity index is 1.86. The van der Waals surface area contributed by atoms with E-state index in [1.54, 1.807) is 7.11 Å².